The first-order chi connectivity index (χ1) is 9.44. The number of nitro groups is 1. The third kappa shape index (κ3) is 1.69. The minimum absolute atomic E-state index is 0.0930. The Hall–Kier alpha value is -1.76. The average molecular weight is 276 g/mol. The molecule has 0 spiro atoms. The van der Waals surface area contributed by atoms with Crippen LogP contribution >= 0.6 is 0 Å². The number of piperidine rings is 3. The SMILES string of the molecule is C=C1CN2CCC1C(O)C2(O)c1cccc([N+](=O)[O-])c1. The van der Waals surface area contributed by atoms with Crippen molar-refractivity contribution < 1.29 is 15.1 Å². The Labute approximate surface area is 116 Å². The molecule has 0 amide bonds. The number of hydrogen-bond acceptors (Lipinski definition) is 5. The van der Waals surface area contributed by atoms with Crippen LogP contribution < -0.4 is 0 Å². The van der Waals surface area contributed by atoms with E-state index in [2.05, 4.69) is 6.58 Å². The highest BCUT2D eigenvalue weighted by molar-refractivity contribution is 5.39. The number of aliphatic hydroxyl groups excluding tert-OH is 1. The van der Waals surface area contributed by atoms with Gasteiger partial charge < -0.3 is 10.2 Å². The lowest BCUT2D eigenvalue weighted by Crippen LogP contribution is -2.65. The van der Waals surface area contributed by atoms with Gasteiger partial charge in [0.15, 0.2) is 5.72 Å². The highest BCUT2D eigenvalue weighted by atomic mass is 16.6. The van der Waals surface area contributed by atoms with E-state index in [1.54, 1.807) is 11.0 Å². The number of nitrogens with zero attached hydrogens (tertiary/aromatic N) is 2. The van der Waals surface area contributed by atoms with Crippen LogP contribution in [0, 0.1) is 16.0 Å². The normalized spacial score (nSPS) is 36.1. The molecule has 20 heavy (non-hydrogen) atoms. The number of fused-ring (bicyclic) bond motifs is 3. The maximum absolute atomic E-state index is 10.9. The molecule has 106 valence electrons. The summed E-state index contributed by atoms with van der Waals surface area (Å²) in [6, 6.07) is 5.83. The van der Waals surface area contributed by atoms with Gasteiger partial charge in [-0.25, -0.2) is 0 Å². The number of hydrogen-bond donors (Lipinski definition) is 2. The number of rotatable bonds is 2. The van der Waals surface area contributed by atoms with Crippen LogP contribution in [-0.2, 0) is 5.72 Å². The van der Waals surface area contributed by atoms with Gasteiger partial charge in [-0.1, -0.05) is 24.3 Å². The summed E-state index contributed by atoms with van der Waals surface area (Å²) in [5.41, 5.74) is -0.407. The Balaban J connectivity index is 2.06. The molecule has 3 fully saturated rings. The molecule has 4 atom stereocenters. The third-order valence-corrected chi connectivity index (χ3v) is 4.39. The molecule has 3 aliphatic heterocycles. The van der Waals surface area contributed by atoms with Gasteiger partial charge in [-0.3, -0.25) is 15.0 Å². The van der Waals surface area contributed by atoms with Crippen LogP contribution in [0.2, 0.25) is 0 Å². The molecule has 0 aliphatic carbocycles. The van der Waals surface area contributed by atoms with Crippen molar-refractivity contribution in [2.45, 2.75) is 18.2 Å². The van der Waals surface area contributed by atoms with Gasteiger partial charge in [-0.2, -0.15) is 0 Å². The van der Waals surface area contributed by atoms with E-state index < -0.39 is 16.8 Å². The summed E-state index contributed by atoms with van der Waals surface area (Å²) < 4.78 is 0. The Morgan fingerprint density at radius 3 is 2.85 bits per heavy atom. The summed E-state index contributed by atoms with van der Waals surface area (Å²) in [7, 11) is 0. The highest BCUT2D eigenvalue weighted by Gasteiger charge is 2.54. The zero-order valence-electron chi connectivity index (χ0n) is 10.9. The summed E-state index contributed by atoms with van der Waals surface area (Å²) in [4.78, 5) is 12.1. The molecule has 2 N–H and O–H groups in total. The van der Waals surface area contributed by atoms with Crippen molar-refractivity contribution in [1.82, 2.24) is 4.90 Å². The van der Waals surface area contributed by atoms with Crippen LogP contribution in [0.1, 0.15) is 12.0 Å². The van der Waals surface area contributed by atoms with E-state index in [1.807, 2.05) is 0 Å². The fourth-order valence-corrected chi connectivity index (χ4v) is 3.28. The van der Waals surface area contributed by atoms with Crippen molar-refractivity contribution in [3.63, 3.8) is 0 Å². The van der Waals surface area contributed by atoms with Gasteiger partial charge in [0.2, 0.25) is 0 Å². The molecule has 0 radical (unpaired) electrons. The van der Waals surface area contributed by atoms with Crippen LogP contribution in [0.25, 0.3) is 0 Å². The fourth-order valence-electron chi connectivity index (χ4n) is 3.28. The summed E-state index contributed by atoms with van der Waals surface area (Å²) in [5.74, 6) is -0.163. The van der Waals surface area contributed by atoms with Crippen LogP contribution in [0.4, 0.5) is 5.69 Å². The molecular weight excluding hydrogens is 260 g/mol. The van der Waals surface area contributed by atoms with E-state index in [4.69, 9.17) is 0 Å². The van der Waals surface area contributed by atoms with Gasteiger partial charge in [0.25, 0.3) is 5.69 Å². The first-order valence-electron chi connectivity index (χ1n) is 6.52. The second-order valence-electron chi connectivity index (χ2n) is 5.45. The Bertz CT molecular complexity index is 584. The summed E-state index contributed by atoms with van der Waals surface area (Å²) in [6.07, 6.45) is -0.267. The first kappa shape index (κ1) is 13.2. The number of benzene rings is 1. The smallest absolute Gasteiger partial charge is 0.269 e. The molecule has 0 saturated carbocycles. The number of aliphatic hydroxyl groups is 2. The van der Waals surface area contributed by atoms with E-state index in [1.165, 1.54) is 18.2 Å². The molecule has 3 heterocycles. The largest absolute Gasteiger partial charge is 0.388 e. The molecule has 4 unspecified atom stereocenters. The number of non-ortho nitro benzene ring substituents is 1. The summed E-state index contributed by atoms with van der Waals surface area (Å²) in [5, 5.41) is 32.3. The second-order valence-corrected chi connectivity index (χ2v) is 5.45. The fraction of sp³-hybridized carbons (Fsp3) is 0.429. The van der Waals surface area contributed by atoms with E-state index in [0.29, 0.717) is 18.7 Å². The van der Waals surface area contributed by atoms with Gasteiger partial charge in [-0.05, 0) is 6.42 Å². The highest BCUT2D eigenvalue weighted by Crippen LogP contribution is 2.46. The molecule has 3 aliphatic rings. The van der Waals surface area contributed by atoms with Gasteiger partial charge in [0, 0.05) is 36.7 Å². The molecule has 1 aromatic carbocycles. The standard InChI is InChI=1S/C14H16N2O4/c1-9-8-15-6-5-12(9)13(17)14(15,18)10-3-2-4-11(7-10)16(19)20/h2-4,7,12-13,17-18H,1,5-6,8H2. The topological polar surface area (TPSA) is 86.8 Å². The Morgan fingerprint density at radius 1 is 1.50 bits per heavy atom. The van der Waals surface area contributed by atoms with E-state index in [0.717, 1.165) is 12.0 Å². The second kappa shape index (κ2) is 4.37. The van der Waals surface area contributed by atoms with Crippen molar-refractivity contribution in [3.8, 4) is 0 Å². The predicted octanol–water partition coefficient (Wildman–Crippen LogP) is 0.992. The van der Waals surface area contributed by atoms with Crippen molar-refractivity contribution in [2.24, 2.45) is 5.92 Å². The minimum Gasteiger partial charge on any atom is -0.388 e. The van der Waals surface area contributed by atoms with E-state index >= 15 is 0 Å². The van der Waals surface area contributed by atoms with Gasteiger partial charge >= 0.3 is 0 Å². The van der Waals surface area contributed by atoms with Crippen molar-refractivity contribution in [1.29, 1.82) is 0 Å². The van der Waals surface area contributed by atoms with Gasteiger partial charge in [0.1, 0.15) is 6.10 Å². The zero-order valence-corrected chi connectivity index (χ0v) is 10.9. The summed E-state index contributed by atoms with van der Waals surface area (Å²) >= 11 is 0. The Morgan fingerprint density at radius 2 is 2.25 bits per heavy atom. The molecule has 6 nitrogen and oxygen atoms in total. The van der Waals surface area contributed by atoms with E-state index in [-0.39, 0.29) is 11.6 Å². The maximum Gasteiger partial charge on any atom is 0.269 e. The van der Waals surface area contributed by atoms with Crippen molar-refractivity contribution in [3.05, 3.63) is 52.1 Å². The molecule has 2 bridgehead atoms. The van der Waals surface area contributed by atoms with Crippen LogP contribution in [0.15, 0.2) is 36.4 Å². The van der Waals surface area contributed by atoms with Crippen molar-refractivity contribution >= 4 is 5.69 Å². The van der Waals surface area contributed by atoms with Crippen LogP contribution in [-0.4, -0.2) is 39.2 Å². The first-order valence-corrected chi connectivity index (χ1v) is 6.52. The molecule has 4 rings (SSSR count). The zero-order chi connectivity index (χ0) is 14.5. The lowest BCUT2D eigenvalue weighted by molar-refractivity contribution is -0.385. The van der Waals surface area contributed by atoms with Gasteiger partial charge in [-0.15, -0.1) is 0 Å². The maximum atomic E-state index is 10.9. The molecule has 0 aromatic heterocycles. The van der Waals surface area contributed by atoms with E-state index in [9.17, 15) is 20.3 Å². The predicted molar refractivity (Wildman–Crippen MR) is 71.8 cm³/mol. The molecule has 6 heteroatoms. The molecular formula is C14H16N2O4. The lowest BCUT2D eigenvalue weighted by atomic mass is 9.73. The Kier molecular flexibility index (Phi) is 2.89. The lowest BCUT2D eigenvalue weighted by Gasteiger charge is -2.55. The van der Waals surface area contributed by atoms with Gasteiger partial charge in [0.05, 0.1) is 4.92 Å². The van der Waals surface area contributed by atoms with Crippen molar-refractivity contribution in [2.75, 3.05) is 13.1 Å². The molecule has 1 aromatic rings. The average Bonchev–Trinajstić information content (AvgIpc) is 2.44. The molecule has 3 saturated heterocycles. The quantitative estimate of drug-likeness (QED) is 0.478. The number of nitro benzene ring substituents is 1. The third-order valence-electron chi connectivity index (χ3n) is 4.39. The van der Waals surface area contributed by atoms with Crippen LogP contribution in [0.3, 0.4) is 0 Å². The monoisotopic (exact) mass is 276 g/mol. The minimum atomic E-state index is -1.57. The van der Waals surface area contributed by atoms with Crippen LogP contribution in [0.5, 0.6) is 0 Å². The summed E-state index contributed by atoms with van der Waals surface area (Å²) in [6.45, 7) is 5.07.